The van der Waals surface area contributed by atoms with Crippen LogP contribution in [0.15, 0.2) is 36.4 Å². The van der Waals surface area contributed by atoms with Gasteiger partial charge in [0.15, 0.2) is 5.78 Å². The number of fused-ring (bicyclic) bond motifs is 1. The highest BCUT2D eigenvalue weighted by molar-refractivity contribution is 6.00. The van der Waals surface area contributed by atoms with Crippen LogP contribution in [0, 0.1) is 0 Å². The van der Waals surface area contributed by atoms with Crippen LogP contribution in [0.3, 0.4) is 0 Å². The first-order chi connectivity index (χ1) is 11.2. The molecule has 1 N–H and O–H groups in total. The Morgan fingerprint density at radius 2 is 1.43 bits per heavy atom. The number of benzene rings is 2. The van der Waals surface area contributed by atoms with E-state index in [1.807, 2.05) is 24.3 Å². The Kier molecular flexibility index (Phi) is 7.12. The molecule has 0 aliphatic rings. The van der Waals surface area contributed by atoms with Crippen molar-refractivity contribution in [1.82, 2.24) is 0 Å². The Labute approximate surface area is 139 Å². The summed E-state index contributed by atoms with van der Waals surface area (Å²) in [7, 11) is 0. The third kappa shape index (κ3) is 5.70. The SMILES string of the molecule is CCCCCCCCCCC(=O)c1ccc2cc(O)ccc2c1. The van der Waals surface area contributed by atoms with E-state index in [4.69, 9.17) is 0 Å². The molecule has 0 unspecified atom stereocenters. The summed E-state index contributed by atoms with van der Waals surface area (Å²) in [5.41, 5.74) is 0.783. The zero-order chi connectivity index (χ0) is 16.5. The average Bonchev–Trinajstić information content (AvgIpc) is 2.56. The minimum atomic E-state index is 0.228. The monoisotopic (exact) mass is 312 g/mol. The van der Waals surface area contributed by atoms with Gasteiger partial charge in [-0.1, -0.05) is 70.1 Å². The number of unbranched alkanes of at least 4 members (excludes halogenated alkanes) is 7. The Balaban J connectivity index is 1.74. The van der Waals surface area contributed by atoms with Crippen molar-refractivity contribution < 1.29 is 9.90 Å². The van der Waals surface area contributed by atoms with Crippen molar-refractivity contribution in [2.75, 3.05) is 0 Å². The summed E-state index contributed by atoms with van der Waals surface area (Å²) in [6.45, 7) is 2.24. The van der Waals surface area contributed by atoms with Crippen LogP contribution in [0.1, 0.15) is 75.1 Å². The summed E-state index contributed by atoms with van der Waals surface area (Å²) in [5, 5.41) is 11.4. The Hall–Kier alpha value is -1.83. The van der Waals surface area contributed by atoms with Crippen molar-refractivity contribution in [3.8, 4) is 5.75 Å². The summed E-state index contributed by atoms with van der Waals surface area (Å²) >= 11 is 0. The van der Waals surface area contributed by atoms with Crippen LogP contribution in [-0.2, 0) is 0 Å². The third-order valence-electron chi connectivity index (χ3n) is 4.40. The first-order valence-electron chi connectivity index (χ1n) is 8.96. The van der Waals surface area contributed by atoms with Gasteiger partial charge in [0.05, 0.1) is 0 Å². The van der Waals surface area contributed by atoms with Gasteiger partial charge in [-0.15, -0.1) is 0 Å². The molecule has 0 amide bonds. The van der Waals surface area contributed by atoms with E-state index in [0.717, 1.165) is 29.2 Å². The quantitative estimate of drug-likeness (QED) is 0.415. The Bertz CT molecular complexity index is 631. The van der Waals surface area contributed by atoms with E-state index < -0.39 is 0 Å². The van der Waals surface area contributed by atoms with Crippen LogP contribution >= 0.6 is 0 Å². The van der Waals surface area contributed by atoms with Gasteiger partial charge in [-0.05, 0) is 35.4 Å². The molecule has 0 fully saturated rings. The predicted octanol–water partition coefficient (Wildman–Crippen LogP) is 6.26. The second-order valence-electron chi connectivity index (χ2n) is 6.39. The fourth-order valence-corrected chi connectivity index (χ4v) is 2.97. The van der Waals surface area contributed by atoms with Crippen molar-refractivity contribution in [3.05, 3.63) is 42.0 Å². The van der Waals surface area contributed by atoms with E-state index in [1.165, 1.54) is 38.5 Å². The molecule has 124 valence electrons. The molecule has 0 aliphatic heterocycles. The molecule has 23 heavy (non-hydrogen) atoms. The van der Waals surface area contributed by atoms with Gasteiger partial charge in [0.25, 0.3) is 0 Å². The van der Waals surface area contributed by atoms with E-state index in [-0.39, 0.29) is 11.5 Å². The van der Waals surface area contributed by atoms with Gasteiger partial charge in [-0.3, -0.25) is 4.79 Å². The van der Waals surface area contributed by atoms with E-state index in [9.17, 15) is 9.90 Å². The topological polar surface area (TPSA) is 37.3 Å². The van der Waals surface area contributed by atoms with Gasteiger partial charge in [0.2, 0.25) is 0 Å². The molecular weight excluding hydrogens is 284 g/mol. The zero-order valence-electron chi connectivity index (χ0n) is 14.2. The number of carbonyl (C=O) groups is 1. The van der Waals surface area contributed by atoms with Gasteiger partial charge in [0.1, 0.15) is 5.75 Å². The minimum absolute atomic E-state index is 0.228. The van der Waals surface area contributed by atoms with E-state index >= 15 is 0 Å². The van der Waals surface area contributed by atoms with Crippen molar-refractivity contribution in [2.45, 2.75) is 64.7 Å². The number of carbonyl (C=O) groups excluding carboxylic acids is 1. The predicted molar refractivity (Wildman–Crippen MR) is 97.2 cm³/mol. The number of hydrogen-bond acceptors (Lipinski definition) is 2. The molecule has 0 aromatic heterocycles. The molecule has 0 aliphatic carbocycles. The van der Waals surface area contributed by atoms with Crippen molar-refractivity contribution in [2.24, 2.45) is 0 Å². The highest BCUT2D eigenvalue weighted by Gasteiger charge is 2.07. The fourth-order valence-electron chi connectivity index (χ4n) is 2.97. The normalized spacial score (nSPS) is 11.0. The lowest BCUT2D eigenvalue weighted by Gasteiger charge is -2.04. The number of rotatable bonds is 10. The molecule has 0 heterocycles. The highest BCUT2D eigenvalue weighted by atomic mass is 16.3. The second-order valence-corrected chi connectivity index (χ2v) is 6.39. The Morgan fingerprint density at radius 1 is 0.826 bits per heavy atom. The van der Waals surface area contributed by atoms with Crippen molar-refractivity contribution >= 4 is 16.6 Å². The molecule has 0 saturated carbocycles. The van der Waals surface area contributed by atoms with Crippen molar-refractivity contribution in [3.63, 3.8) is 0 Å². The first-order valence-corrected chi connectivity index (χ1v) is 8.96. The Morgan fingerprint density at radius 3 is 2.17 bits per heavy atom. The summed E-state index contributed by atoms with van der Waals surface area (Å²) < 4.78 is 0. The number of hydrogen-bond donors (Lipinski definition) is 1. The molecule has 0 radical (unpaired) electrons. The van der Waals surface area contributed by atoms with Crippen LogP contribution in [0.2, 0.25) is 0 Å². The van der Waals surface area contributed by atoms with Crippen LogP contribution < -0.4 is 0 Å². The molecule has 2 aromatic carbocycles. The molecule has 0 atom stereocenters. The molecule has 2 aromatic rings. The van der Waals surface area contributed by atoms with E-state index in [0.29, 0.717) is 6.42 Å². The standard InChI is InChI=1S/C21H28O2/c1-2-3-4-5-6-7-8-9-10-21(23)19-12-11-18-16-20(22)14-13-17(18)15-19/h11-16,22H,2-10H2,1H3. The molecule has 0 bridgehead atoms. The van der Waals surface area contributed by atoms with E-state index in [1.54, 1.807) is 12.1 Å². The number of ketones is 1. The third-order valence-corrected chi connectivity index (χ3v) is 4.40. The number of phenols is 1. The molecule has 2 nitrogen and oxygen atoms in total. The molecule has 2 heteroatoms. The zero-order valence-corrected chi connectivity index (χ0v) is 14.2. The average molecular weight is 312 g/mol. The summed E-state index contributed by atoms with van der Waals surface area (Å²) in [4.78, 5) is 12.3. The first kappa shape index (κ1) is 17.5. The smallest absolute Gasteiger partial charge is 0.162 e. The summed E-state index contributed by atoms with van der Waals surface area (Å²) in [6, 6.07) is 11.0. The van der Waals surface area contributed by atoms with Crippen molar-refractivity contribution in [1.29, 1.82) is 0 Å². The number of phenolic OH excluding ortho intramolecular Hbond substituents is 1. The van der Waals surface area contributed by atoms with Crippen LogP contribution in [0.5, 0.6) is 5.75 Å². The van der Waals surface area contributed by atoms with Crippen LogP contribution in [-0.4, -0.2) is 10.9 Å². The number of aromatic hydroxyl groups is 1. The maximum Gasteiger partial charge on any atom is 0.162 e. The lowest BCUT2D eigenvalue weighted by Crippen LogP contribution is -1.98. The summed E-state index contributed by atoms with van der Waals surface area (Å²) in [5.74, 6) is 0.487. The molecule has 0 saturated heterocycles. The van der Waals surface area contributed by atoms with Crippen LogP contribution in [0.4, 0.5) is 0 Å². The minimum Gasteiger partial charge on any atom is -0.508 e. The lowest BCUT2D eigenvalue weighted by molar-refractivity contribution is 0.0979. The lowest BCUT2D eigenvalue weighted by atomic mass is 10.00. The molecular formula is C21H28O2. The maximum atomic E-state index is 12.3. The molecule has 0 spiro atoms. The number of Topliss-reactive ketones (excluding diaryl/α,β-unsaturated/α-hetero) is 1. The van der Waals surface area contributed by atoms with Gasteiger partial charge in [-0.2, -0.15) is 0 Å². The van der Waals surface area contributed by atoms with Gasteiger partial charge < -0.3 is 5.11 Å². The van der Waals surface area contributed by atoms with Gasteiger partial charge in [0, 0.05) is 12.0 Å². The maximum absolute atomic E-state index is 12.3. The van der Waals surface area contributed by atoms with Gasteiger partial charge in [-0.25, -0.2) is 0 Å². The van der Waals surface area contributed by atoms with Crippen LogP contribution in [0.25, 0.3) is 10.8 Å². The molecule has 2 rings (SSSR count). The fraction of sp³-hybridized carbons (Fsp3) is 0.476. The summed E-state index contributed by atoms with van der Waals surface area (Å²) in [6.07, 6.45) is 10.6. The van der Waals surface area contributed by atoms with E-state index in [2.05, 4.69) is 6.92 Å². The largest absolute Gasteiger partial charge is 0.508 e. The van der Waals surface area contributed by atoms with Gasteiger partial charge >= 0.3 is 0 Å². The highest BCUT2D eigenvalue weighted by Crippen LogP contribution is 2.22. The second kappa shape index (κ2) is 9.34.